The minimum absolute atomic E-state index is 0.797. The van der Waals surface area contributed by atoms with E-state index in [0.29, 0.717) is 0 Å². The third-order valence-electron chi connectivity index (χ3n) is 3.87. The van der Waals surface area contributed by atoms with Crippen molar-refractivity contribution in [1.82, 2.24) is 5.32 Å². The first kappa shape index (κ1) is 14.0. The summed E-state index contributed by atoms with van der Waals surface area (Å²) in [5.74, 6) is 1.89. The van der Waals surface area contributed by atoms with E-state index in [4.69, 9.17) is 0 Å². The Morgan fingerprint density at radius 2 is 1.81 bits per heavy atom. The molecule has 0 bridgehead atoms. The van der Waals surface area contributed by atoms with Gasteiger partial charge in [0.2, 0.25) is 0 Å². The standard InChI is InChI=1S/C15H31N/c1-4-11-16-15(10-9-13(2)3)12-14-7-5-6-8-14/h13-16H,4-12H2,1-3H3. The molecule has 1 aliphatic carbocycles. The van der Waals surface area contributed by atoms with Gasteiger partial charge in [-0.3, -0.25) is 0 Å². The van der Waals surface area contributed by atoms with Gasteiger partial charge in [-0.15, -0.1) is 0 Å². The van der Waals surface area contributed by atoms with Crippen molar-refractivity contribution in [2.24, 2.45) is 11.8 Å². The Morgan fingerprint density at radius 1 is 1.12 bits per heavy atom. The maximum absolute atomic E-state index is 3.75. The number of nitrogens with one attached hydrogen (secondary N) is 1. The number of rotatable bonds is 8. The Labute approximate surface area is 102 Å². The quantitative estimate of drug-likeness (QED) is 0.647. The molecule has 0 amide bonds. The van der Waals surface area contributed by atoms with E-state index in [9.17, 15) is 0 Å². The molecule has 1 N–H and O–H groups in total. The van der Waals surface area contributed by atoms with Crippen LogP contribution in [0.2, 0.25) is 0 Å². The monoisotopic (exact) mass is 225 g/mol. The summed E-state index contributed by atoms with van der Waals surface area (Å²) in [6.07, 6.45) is 11.4. The van der Waals surface area contributed by atoms with Crippen LogP contribution >= 0.6 is 0 Å². The average molecular weight is 225 g/mol. The Balaban J connectivity index is 2.24. The van der Waals surface area contributed by atoms with Gasteiger partial charge in [-0.1, -0.05) is 46.5 Å². The molecular weight excluding hydrogens is 194 g/mol. The van der Waals surface area contributed by atoms with Gasteiger partial charge in [-0.25, -0.2) is 0 Å². The molecule has 0 heterocycles. The summed E-state index contributed by atoms with van der Waals surface area (Å²) in [6.45, 7) is 8.15. The molecule has 0 saturated heterocycles. The summed E-state index contributed by atoms with van der Waals surface area (Å²) >= 11 is 0. The summed E-state index contributed by atoms with van der Waals surface area (Å²) < 4.78 is 0. The van der Waals surface area contributed by atoms with E-state index in [1.54, 1.807) is 0 Å². The topological polar surface area (TPSA) is 12.0 Å². The lowest BCUT2D eigenvalue weighted by atomic mass is 9.93. The molecule has 1 nitrogen and oxygen atoms in total. The average Bonchev–Trinajstić information content (AvgIpc) is 2.74. The molecule has 0 aromatic carbocycles. The van der Waals surface area contributed by atoms with Crippen LogP contribution in [0.1, 0.15) is 72.1 Å². The highest BCUT2D eigenvalue weighted by molar-refractivity contribution is 4.76. The van der Waals surface area contributed by atoms with E-state index >= 15 is 0 Å². The lowest BCUT2D eigenvalue weighted by molar-refractivity contribution is 0.350. The highest BCUT2D eigenvalue weighted by atomic mass is 14.9. The maximum atomic E-state index is 3.75. The Bertz CT molecular complexity index is 159. The van der Waals surface area contributed by atoms with Crippen molar-refractivity contribution in [2.45, 2.75) is 78.2 Å². The van der Waals surface area contributed by atoms with E-state index in [1.165, 1.54) is 57.9 Å². The van der Waals surface area contributed by atoms with Crippen molar-refractivity contribution in [3.63, 3.8) is 0 Å². The Kier molecular flexibility index (Phi) is 7.11. The van der Waals surface area contributed by atoms with Gasteiger partial charge in [0.05, 0.1) is 0 Å². The van der Waals surface area contributed by atoms with Crippen LogP contribution in [-0.2, 0) is 0 Å². The third-order valence-corrected chi connectivity index (χ3v) is 3.87. The van der Waals surface area contributed by atoms with E-state index < -0.39 is 0 Å². The van der Waals surface area contributed by atoms with Crippen LogP contribution in [0.15, 0.2) is 0 Å². The molecule has 0 spiro atoms. The fraction of sp³-hybridized carbons (Fsp3) is 1.00. The van der Waals surface area contributed by atoms with Crippen LogP contribution in [0.3, 0.4) is 0 Å². The molecule has 0 aromatic rings. The smallest absolute Gasteiger partial charge is 0.00697 e. The van der Waals surface area contributed by atoms with Crippen molar-refractivity contribution in [2.75, 3.05) is 6.54 Å². The summed E-state index contributed by atoms with van der Waals surface area (Å²) in [5.41, 5.74) is 0. The second-order valence-corrected chi connectivity index (χ2v) is 6.01. The van der Waals surface area contributed by atoms with Gasteiger partial charge in [0.15, 0.2) is 0 Å². The van der Waals surface area contributed by atoms with Gasteiger partial charge in [0.1, 0.15) is 0 Å². The molecule has 1 fully saturated rings. The zero-order valence-corrected chi connectivity index (χ0v) is 11.6. The van der Waals surface area contributed by atoms with Gasteiger partial charge in [0.25, 0.3) is 0 Å². The van der Waals surface area contributed by atoms with Crippen LogP contribution in [0.25, 0.3) is 0 Å². The molecule has 1 rings (SSSR count). The molecule has 16 heavy (non-hydrogen) atoms. The SMILES string of the molecule is CCCNC(CCC(C)C)CC1CCCC1. The molecule has 1 atom stereocenters. The zero-order chi connectivity index (χ0) is 11.8. The Hall–Kier alpha value is -0.0400. The molecule has 1 saturated carbocycles. The lowest BCUT2D eigenvalue weighted by Crippen LogP contribution is -2.31. The van der Waals surface area contributed by atoms with E-state index in [2.05, 4.69) is 26.1 Å². The highest BCUT2D eigenvalue weighted by Gasteiger charge is 2.19. The predicted octanol–water partition coefficient (Wildman–Crippen LogP) is 4.37. The van der Waals surface area contributed by atoms with Gasteiger partial charge in [-0.2, -0.15) is 0 Å². The summed E-state index contributed by atoms with van der Waals surface area (Å²) in [7, 11) is 0. The summed E-state index contributed by atoms with van der Waals surface area (Å²) in [5, 5.41) is 3.75. The molecule has 0 aromatic heterocycles. The van der Waals surface area contributed by atoms with Gasteiger partial charge in [0, 0.05) is 6.04 Å². The molecule has 0 radical (unpaired) electrons. The van der Waals surface area contributed by atoms with E-state index in [0.717, 1.165) is 17.9 Å². The number of hydrogen-bond acceptors (Lipinski definition) is 1. The normalized spacial score (nSPS) is 19.5. The van der Waals surface area contributed by atoms with Crippen molar-refractivity contribution in [1.29, 1.82) is 0 Å². The van der Waals surface area contributed by atoms with Crippen LogP contribution in [0, 0.1) is 11.8 Å². The van der Waals surface area contributed by atoms with Gasteiger partial charge < -0.3 is 5.32 Å². The first-order valence-corrected chi connectivity index (χ1v) is 7.45. The van der Waals surface area contributed by atoms with E-state index in [-0.39, 0.29) is 0 Å². The van der Waals surface area contributed by atoms with E-state index in [1.807, 2.05) is 0 Å². The fourth-order valence-electron chi connectivity index (χ4n) is 2.83. The van der Waals surface area contributed by atoms with Crippen LogP contribution < -0.4 is 5.32 Å². The molecule has 1 aliphatic rings. The Morgan fingerprint density at radius 3 is 2.38 bits per heavy atom. The maximum Gasteiger partial charge on any atom is 0.00697 e. The summed E-state index contributed by atoms with van der Waals surface area (Å²) in [4.78, 5) is 0. The lowest BCUT2D eigenvalue weighted by Gasteiger charge is -2.22. The summed E-state index contributed by atoms with van der Waals surface area (Å²) in [6, 6.07) is 0.797. The molecule has 1 unspecified atom stereocenters. The third kappa shape index (κ3) is 5.89. The van der Waals surface area contributed by atoms with Crippen molar-refractivity contribution < 1.29 is 0 Å². The van der Waals surface area contributed by atoms with Crippen LogP contribution in [-0.4, -0.2) is 12.6 Å². The predicted molar refractivity (Wildman–Crippen MR) is 72.7 cm³/mol. The first-order valence-electron chi connectivity index (χ1n) is 7.45. The molecule has 1 heteroatoms. The largest absolute Gasteiger partial charge is 0.314 e. The number of hydrogen-bond donors (Lipinski definition) is 1. The second kappa shape index (κ2) is 8.11. The minimum atomic E-state index is 0.797. The highest BCUT2D eigenvalue weighted by Crippen LogP contribution is 2.29. The zero-order valence-electron chi connectivity index (χ0n) is 11.6. The molecular formula is C15H31N. The van der Waals surface area contributed by atoms with Gasteiger partial charge >= 0.3 is 0 Å². The van der Waals surface area contributed by atoms with Crippen molar-refractivity contribution in [3.05, 3.63) is 0 Å². The fourth-order valence-corrected chi connectivity index (χ4v) is 2.83. The van der Waals surface area contributed by atoms with Crippen LogP contribution in [0.5, 0.6) is 0 Å². The van der Waals surface area contributed by atoms with Gasteiger partial charge in [-0.05, 0) is 44.1 Å². The molecule has 96 valence electrons. The van der Waals surface area contributed by atoms with Crippen molar-refractivity contribution in [3.8, 4) is 0 Å². The molecule has 0 aliphatic heterocycles. The first-order chi connectivity index (χ1) is 7.72. The van der Waals surface area contributed by atoms with Crippen LogP contribution in [0.4, 0.5) is 0 Å². The van der Waals surface area contributed by atoms with Crippen molar-refractivity contribution >= 4 is 0 Å². The minimum Gasteiger partial charge on any atom is -0.314 e. The second-order valence-electron chi connectivity index (χ2n) is 6.01.